The zero-order chi connectivity index (χ0) is 13.3. The first-order chi connectivity index (χ1) is 8.41. The van der Waals surface area contributed by atoms with Gasteiger partial charge in [0, 0.05) is 18.5 Å². The van der Waals surface area contributed by atoms with Crippen LogP contribution in [-0.2, 0) is 4.79 Å². The van der Waals surface area contributed by atoms with Gasteiger partial charge in [-0.05, 0) is 39.5 Å². The lowest BCUT2D eigenvalue weighted by Gasteiger charge is -2.38. The van der Waals surface area contributed by atoms with Gasteiger partial charge in [-0.15, -0.1) is 0 Å². The predicted octanol–water partition coefficient (Wildman–Crippen LogP) is 1.30. The van der Waals surface area contributed by atoms with E-state index in [1.165, 1.54) is 0 Å². The van der Waals surface area contributed by atoms with Crippen molar-refractivity contribution in [3.63, 3.8) is 0 Å². The molecule has 4 nitrogen and oxygen atoms in total. The third-order valence-electron chi connectivity index (χ3n) is 4.36. The number of carbonyl (C=O) groups excluding carboxylic acids is 1. The first-order valence-corrected chi connectivity index (χ1v) is 7.13. The number of hydrogen-bond donors (Lipinski definition) is 2. The van der Waals surface area contributed by atoms with E-state index in [1.54, 1.807) is 18.7 Å². The highest BCUT2D eigenvalue weighted by Crippen LogP contribution is 2.35. The van der Waals surface area contributed by atoms with Gasteiger partial charge in [0.1, 0.15) is 5.60 Å². The number of amides is 1. The zero-order valence-electron chi connectivity index (χ0n) is 11.4. The number of aliphatic hydroxyl groups is 2. The van der Waals surface area contributed by atoms with Crippen LogP contribution >= 0.6 is 0 Å². The van der Waals surface area contributed by atoms with E-state index in [-0.39, 0.29) is 24.0 Å². The molecule has 1 saturated carbocycles. The standard InChI is InChI=1S/C14H25NO3/c1-14(2,18)13(17)15-9-5-7-11(15)10-6-3-4-8-12(10)16/h10-12,16,18H,3-9H2,1-2H3/t10-,11+,12-/m0/s1. The normalized spacial score (nSPS) is 33.8. The van der Waals surface area contributed by atoms with Crippen molar-refractivity contribution in [1.29, 1.82) is 0 Å². The maximum atomic E-state index is 12.2. The lowest BCUT2D eigenvalue weighted by Crippen LogP contribution is -2.51. The number of aliphatic hydroxyl groups excluding tert-OH is 1. The van der Waals surface area contributed by atoms with Crippen molar-refractivity contribution in [2.75, 3.05) is 6.54 Å². The van der Waals surface area contributed by atoms with Crippen molar-refractivity contribution >= 4 is 5.91 Å². The van der Waals surface area contributed by atoms with Gasteiger partial charge in [-0.1, -0.05) is 12.8 Å². The number of carbonyl (C=O) groups is 1. The molecule has 1 saturated heterocycles. The largest absolute Gasteiger partial charge is 0.393 e. The Morgan fingerprint density at radius 3 is 2.44 bits per heavy atom. The van der Waals surface area contributed by atoms with Crippen LogP contribution in [0.5, 0.6) is 0 Å². The van der Waals surface area contributed by atoms with Gasteiger partial charge in [-0.3, -0.25) is 4.79 Å². The maximum absolute atomic E-state index is 12.2. The fraction of sp³-hybridized carbons (Fsp3) is 0.929. The SMILES string of the molecule is CC(C)(O)C(=O)N1CCC[C@@H]1[C@@H]1CCCC[C@@H]1O. The summed E-state index contributed by atoms with van der Waals surface area (Å²) in [6.45, 7) is 3.81. The molecule has 0 aromatic heterocycles. The third kappa shape index (κ3) is 2.69. The monoisotopic (exact) mass is 255 g/mol. The molecule has 0 aromatic rings. The average Bonchev–Trinajstić information content (AvgIpc) is 2.76. The lowest BCUT2D eigenvalue weighted by molar-refractivity contribution is -0.151. The zero-order valence-corrected chi connectivity index (χ0v) is 11.4. The van der Waals surface area contributed by atoms with Gasteiger partial charge >= 0.3 is 0 Å². The molecule has 0 unspecified atom stereocenters. The van der Waals surface area contributed by atoms with Crippen LogP contribution < -0.4 is 0 Å². The minimum Gasteiger partial charge on any atom is -0.393 e. The van der Waals surface area contributed by atoms with E-state index in [2.05, 4.69) is 0 Å². The van der Waals surface area contributed by atoms with Gasteiger partial charge in [-0.25, -0.2) is 0 Å². The predicted molar refractivity (Wildman–Crippen MR) is 69.0 cm³/mol. The van der Waals surface area contributed by atoms with Crippen LogP contribution in [0.3, 0.4) is 0 Å². The Morgan fingerprint density at radius 2 is 1.83 bits per heavy atom. The van der Waals surface area contributed by atoms with Crippen LogP contribution in [0.15, 0.2) is 0 Å². The Labute approximate surface area is 109 Å². The Kier molecular flexibility index (Phi) is 3.97. The van der Waals surface area contributed by atoms with Crippen molar-refractivity contribution in [1.82, 2.24) is 4.90 Å². The van der Waals surface area contributed by atoms with E-state index in [1.807, 2.05) is 0 Å². The molecule has 2 N–H and O–H groups in total. The summed E-state index contributed by atoms with van der Waals surface area (Å²) in [5, 5.41) is 20.0. The highest BCUT2D eigenvalue weighted by Gasteiger charge is 2.42. The quantitative estimate of drug-likeness (QED) is 0.782. The van der Waals surface area contributed by atoms with Gasteiger partial charge in [0.25, 0.3) is 5.91 Å². The first kappa shape index (κ1) is 13.8. The van der Waals surface area contributed by atoms with Crippen molar-refractivity contribution in [3.05, 3.63) is 0 Å². The van der Waals surface area contributed by atoms with E-state index in [0.29, 0.717) is 0 Å². The van der Waals surface area contributed by atoms with E-state index >= 15 is 0 Å². The second-order valence-corrected chi connectivity index (χ2v) is 6.28. The summed E-state index contributed by atoms with van der Waals surface area (Å²) in [6.07, 6.45) is 5.75. The summed E-state index contributed by atoms with van der Waals surface area (Å²) in [5.74, 6) is 0.00956. The van der Waals surface area contributed by atoms with Crippen LogP contribution in [0.4, 0.5) is 0 Å². The number of likely N-dealkylation sites (tertiary alicyclic amines) is 1. The van der Waals surface area contributed by atoms with Crippen LogP contribution in [0, 0.1) is 5.92 Å². The summed E-state index contributed by atoms with van der Waals surface area (Å²) < 4.78 is 0. The molecule has 1 aliphatic heterocycles. The minimum absolute atomic E-state index is 0.124. The summed E-state index contributed by atoms with van der Waals surface area (Å²) in [7, 11) is 0. The second kappa shape index (κ2) is 5.17. The highest BCUT2D eigenvalue weighted by atomic mass is 16.3. The van der Waals surface area contributed by atoms with Crippen LogP contribution in [0.2, 0.25) is 0 Å². The molecule has 2 fully saturated rings. The smallest absolute Gasteiger partial charge is 0.254 e. The summed E-state index contributed by atoms with van der Waals surface area (Å²) in [4.78, 5) is 14.0. The Hall–Kier alpha value is -0.610. The van der Waals surface area contributed by atoms with Gasteiger partial charge in [0.2, 0.25) is 0 Å². The molecule has 104 valence electrons. The van der Waals surface area contributed by atoms with E-state index in [4.69, 9.17) is 0 Å². The number of rotatable bonds is 2. The summed E-state index contributed by atoms with van der Waals surface area (Å²) in [5.41, 5.74) is -1.30. The molecular formula is C14H25NO3. The van der Waals surface area contributed by atoms with Crippen LogP contribution in [0.25, 0.3) is 0 Å². The molecule has 1 aliphatic carbocycles. The molecule has 2 aliphatic rings. The van der Waals surface area contributed by atoms with Gasteiger partial charge in [0.05, 0.1) is 6.10 Å². The number of hydrogen-bond acceptors (Lipinski definition) is 3. The minimum atomic E-state index is -1.30. The molecule has 1 heterocycles. The Bertz CT molecular complexity index is 311. The van der Waals surface area contributed by atoms with Crippen molar-refractivity contribution < 1.29 is 15.0 Å². The van der Waals surface area contributed by atoms with E-state index in [0.717, 1.165) is 45.1 Å². The fourth-order valence-corrected chi connectivity index (χ4v) is 3.43. The molecule has 18 heavy (non-hydrogen) atoms. The first-order valence-electron chi connectivity index (χ1n) is 7.13. The average molecular weight is 255 g/mol. The highest BCUT2D eigenvalue weighted by molar-refractivity contribution is 5.84. The molecule has 0 spiro atoms. The van der Waals surface area contributed by atoms with Crippen molar-refractivity contribution in [3.8, 4) is 0 Å². The van der Waals surface area contributed by atoms with Gasteiger partial charge in [-0.2, -0.15) is 0 Å². The maximum Gasteiger partial charge on any atom is 0.254 e. The number of nitrogens with zero attached hydrogens (tertiary/aromatic N) is 1. The Balaban J connectivity index is 2.09. The molecular weight excluding hydrogens is 230 g/mol. The molecule has 1 amide bonds. The van der Waals surface area contributed by atoms with Crippen LogP contribution in [-0.4, -0.2) is 45.3 Å². The topological polar surface area (TPSA) is 60.8 Å². The van der Waals surface area contributed by atoms with Gasteiger partial charge < -0.3 is 15.1 Å². The molecule has 0 aromatic carbocycles. The third-order valence-corrected chi connectivity index (χ3v) is 4.36. The molecule has 0 bridgehead atoms. The second-order valence-electron chi connectivity index (χ2n) is 6.28. The summed E-state index contributed by atoms with van der Waals surface area (Å²) >= 11 is 0. The molecule has 2 rings (SSSR count). The molecule has 4 heteroatoms. The molecule has 3 atom stereocenters. The van der Waals surface area contributed by atoms with Gasteiger partial charge in [0.15, 0.2) is 0 Å². The van der Waals surface area contributed by atoms with Crippen LogP contribution in [0.1, 0.15) is 52.4 Å². The Morgan fingerprint density at radius 1 is 1.17 bits per heavy atom. The summed E-state index contributed by atoms with van der Waals surface area (Å²) in [6, 6.07) is 0.124. The van der Waals surface area contributed by atoms with E-state index in [9.17, 15) is 15.0 Å². The van der Waals surface area contributed by atoms with Crippen molar-refractivity contribution in [2.45, 2.75) is 70.1 Å². The fourth-order valence-electron chi connectivity index (χ4n) is 3.43. The van der Waals surface area contributed by atoms with Crippen molar-refractivity contribution in [2.24, 2.45) is 5.92 Å². The van der Waals surface area contributed by atoms with E-state index < -0.39 is 5.60 Å². The molecule has 0 radical (unpaired) electrons. The lowest BCUT2D eigenvalue weighted by atomic mass is 9.80.